The number of hydrogen-bond donors (Lipinski definition) is 0. The Morgan fingerprint density at radius 2 is 2.00 bits per heavy atom. The first-order chi connectivity index (χ1) is 5.77. The van der Waals surface area contributed by atoms with Gasteiger partial charge >= 0.3 is 0 Å². The van der Waals surface area contributed by atoms with E-state index in [0.29, 0.717) is 0 Å². The molecule has 2 aliphatic heterocycles. The largest absolute Gasteiger partial charge is 0.303 e. The molecule has 0 aromatic carbocycles. The number of hydrogen-bond acceptors (Lipinski definition) is 2. The molecule has 2 heteroatoms. The molecule has 2 atom stereocenters. The minimum atomic E-state index is 0.786. The molecule has 2 nitrogen and oxygen atoms in total. The van der Waals surface area contributed by atoms with Crippen molar-refractivity contribution in [2.45, 2.75) is 38.3 Å². The molecule has 0 aliphatic carbocycles. The zero-order valence-electron chi connectivity index (χ0n) is 8.29. The molecule has 0 N–H and O–H groups in total. The second-order valence-electron chi connectivity index (χ2n) is 4.46. The minimum Gasteiger partial charge on any atom is -0.303 e. The van der Waals surface area contributed by atoms with Gasteiger partial charge in [-0.3, -0.25) is 4.90 Å². The van der Waals surface area contributed by atoms with Gasteiger partial charge in [-0.2, -0.15) is 0 Å². The van der Waals surface area contributed by atoms with E-state index in [1.54, 1.807) is 0 Å². The molecule has 0 aromatic heterocycles. The quantitative estimate of drug-likeness (QED) is 0.536. The molecule has 70 valence electrons. The van der Waals surface area contributed by atoms with Crippen molar-refractivity contribution in [3.05, 3.63) is 0 Å². The van der Waals surface area contributed by atoms with Crippen LogP contribution >= 0.6 is 0 Å². The highest BCUT2D eigenvalue weighted by molar-refractivity contribution is 4.88. The van der Waals surface area contributed by atoms with Crippen LogP contribution in [0.25, 0.3) is 0 Å². The first-order valence-electron chi connectivity index (χ1n) is 5.21. The number of piperazine rings is 1. The van der Waals surface area contributed by atoms with E-state index in [9.17, 15) is 0 Å². The van der Waals surface area contributed by atoms with Gasteiger partial charge in [-0.1, -0.05) is 6.42 Å². The van der Waals surface area contributed by atoms with E-state index < -0.39 is 0 Å². The fourth-order valence-corrected chi connectivity index (χ4v) is 2.79. The maximum Gasteiger partial charge on any atom is 0.0226 e. The van der Waals surface area contributed by atoms with Crippen molar-refractivity contribution in [2.75, 3.05) is 26.7 Å². The van der Waals surface area contributed by atoms with Gasteiger partial charge in [0.15, 0.2) is 0 Å². The van der Waals surface area contributed by atoms with Crippen LogP contribution in [0.5, 0.6) is 0 Å². The van der Waals surface area contributed by atoms with E-state index in [2.05, 4.69) is 23.8 Å². The van der Waals surface area contributed by atoms with Gasteiger partial charge in [0.1, 0.15) is 0 Å². The highest BCUT2D eigenvalue weighted by Crippen LogP contribution is 2.23. The Balaban J connectivity index is 2.01. The van der Waals surface area contributed by atoms with Crippen molar-refractivity contribution in [2.24, 2.45) is 0 Å². The summed E-state index contributed by atoms with van der Waals surface area (Å²) in [5.41, 5.74) is 0. The molecule has 2 aliphatic rings. The topological polar surface area (TPSA) is 6.48 Å². The van der Waals surface area contributed by atoms with Crippen molar-refractivity contribution in [3.8, 4) is 0 Å². The van der Waals surface area contributed by atoms with Gasteiger partial charge in [0, 0.05) is 25.2 Å². The monoisotopic (exact) mass is 168 g/mol. The molecule has 2 saturated heterocycles. The van der Waals surface area contributed by atoms with Gasteiger partial charge in [-0.15, -0.1) is 0 Å². The number of nitrogens with zero attached hydrogens (tertiary/aromatic N) is 2. The van der Waals surface area contributed by atoms with Gasteiger partial charge < -0.3 is 4.90 Å². The van der Waals surface area contributed by atoms with E-state index in [1.807, 2.05) is 0 Å². The second-order valence-corrected chi connectivity index (χ2v) is 4.46. The van der Waals surface area contributed by atoms with Crippen LogP contribution in [-0.4, -0.2) is 48.6 Å². The molecule has 2 rings (SSSR count). The van der Waals surface area contributed by atoms with E-state index in [-0.39, 0.29) is 0 Å². The van der Waals surface area contributed by atoms with Crippen LogP contribution in [0.3, 0.4) is 0 Å². The van der Waals surface area contributed by atoms with Crippen LogP contribution in [0.4, 0.5) is 0 Å². The number of rotatable bonds is 0. The molecule has 0 bridgehead atoms. The lowest BCUT2D eigenvalue weighted by Gasteiger charge is -2.47. The lowest BCUT2D eigenvalue weighted by Crippen LogP contribution is -2.58. The number of likely N-dealkylation sites (N-methyl/N-ethyl adjacent to an activating group) is 1. The molecule has 0 radical (unpaired) electrons. The molecule has 2 heterocycles. The Labute approximate surface area is 75.5 Å². The predicted octanol–water partition coefficient (Wildman–Crippen LogP) is 1.17. The maximum absolute atomic E-state index is 2.71. The molecule has 2 fully saturated rings. The average Bonchev–Trinajstić information content (AvgIpc) is 2.04. The normalized spacial score (nSPS) is 39.5. The van der Waals surface area contributed by atoms with Gasteiger partial charge in [0.2, 0.25) is 0 Å². The van der Waals surface area contributed by atoms with Crippen LogP contribution in [0.1, 0.15) is 26.2 Å². The van der Waals surface area contributed by atoms with Crippen LogP contribution < -0.4 is 0 Å². The Morgan fingerprint density at radius 1 is 1.17 bits per heavy atom. The third-order valence-corrected chi connectivity index (χ3v) is 3.34. The molecular weight excluding hydrogens is 148 g/mol. The molecule has 1 unspecified atom stereocenters. The predicted molar refractivity (Wildman–Crippen MR) is 51.3 cm³/mol. The zero-order chi connectivity index (χ0) is 8.55. The summed E-state index contributed by atoms with van der Waals surface area (Å²) < 4.78 is 0. The lowest BCUT2D eigenvalue weighted by molar-refractivity contribution is 0.0200. The fraction of sp³-hybridized carbons (Fsp3) is 1.00. The van der Waals surface area contributed by atoms with Crippen molar-refractivity contribution < 1.29 is 0 Å². The van der Waals surface area contributed by atoms with Gasteiger partial charge in [0.05, 0.1) is 0 Å². The molecule has 0 aromatic rings. The Bertz CT molecular complexity index is 158. The van der Waals surface area contributed by atoms with Crippen LogP contribution in [-0.2, 0) is 0 Å². The van der Waals surface area contributed by atoms with Crippen LogP contribution in [0.15, 0.2) is 0 Å². The highest BCUT2D eigenvalue weighted by atomic mass is 15.3. The summed E-state index contributed by atoms with van der Waals surface area (Å²) >= 11 is 0. The molecule has 0 amide bonds. The molecule has 0 saturated carbocycles. The maximum atomic E-state index is 2.71. The smallest absolute Gasteiger partial charge is 0.0226 e. The first kappa shape index (κ1) is 8.52. The first-order valence-corrected chi connectivity index (χ1v) is 5.21. The van der Waals surface area contributed by atoms with Crippen LogP contribution in [0.2, 0.25) is 0 Å². The minimum absolute atomic E-state index is 0.786. The molecule has 12 heavy (non-hydrogen) atoms. The third kappa shape index (κ3) is 1.50. The standard InChI is InChI=1S/C10H20N2/c1-9-7-11(2)8-10-5-3-4-6-12(9)10/h9-10H,3-8H2,1-2H3/t9-,10?/m1/s1. The van der Waals surface area contributed by atoms with Gasteiger partial charge in [-0.05, 0) is 33.4 Å². The van der Waals surface area contributed by atoms with Crippen molar-refractivity contribution in [1.82, 2.24) is 9.80 Å². The average molecular weight is 168 g/mol. The van der Waals surface area contributed by atoms with E-state index in [4.69, 9.17) is 0 Å². The summed E-state index contributed by atoms with van der Waals surface area (Å²) in [5, 5.41) is 0. The van der Waals surface area contributed by atoms with E-state index in [0.717, 1.165) is 12.1 Å². The summed E-state index contributed by atoms with van der Waals surface area (Å²) in [6.45, 7) is 6.27. The highest BCUT2D eigenvalue weighted by Gasteiger charge is 2.31. The van der Waals surface area contributed by atoms with E-state index in [1.165, 1.54) is 38.9 Å². The fourth-order valence-electron chi connectivity index (χ4n) is 2.79. The number of piperidine rings is 1. The molecule has 0 spiro atoms. The van der Waals surface area contributed by atoms with E-state index >= 15 is 0 Å². The number of fused-ring (bicyclic) bond motifs is 1. The van der Waals surface area contributed by atoms with Crippen LogP contribution in [0, 0.1) is 0 Å². The summed E-state index contributed by atoms with van der Waals surface area (Å²) in [6.07, 6.45) is 4.29. The van der Waals surface area contributed by atoms with Gasteiger partial charge in [0.25, 0.3) is 0 Å². The zero-order valence-corrected chi connectivity index (χ0v) is 8.29. The van der Waals surface area contributed by atoms with Crippen molar-refractivity contribution >= 4 is 0 Å². The molecular formula is C10H20N2. The Morgan fingerprint density at radius 3 is 2.83 bits per heavy atom. The third-order valence-electron chi connectivity index (χ3n) is 3.34. The Hall–Kier alpha value is -0.0800. The second kappa shape index (κ2) is 3.35. The summed E-state index contributed by atoms with van der Waals surface area (Å²) in [7, 11) is 2.25. The van der Waals surface area contributed by atoms with Gasteiger partial charge in [-0.25, -0.2) is 0 Å². The van der Waals surface area contributed by atoms with Crippen molar-refractivity contribution in [1.29, 1.82) is 0 Å². The SMILES string of the molecule is C[C@@H]1CN(C)CC2CCCCN21. The lowest BCUT2D eigenvalue weighted by atomic mass is 9.97. The summed E-state index contributed by atoms with van der Waals surface area (Å²) in [5.74, 6) is 0. The Kier molecular flexibility index (Phi) is 2.37. The summed E-state index contributed by atoms with van der Waals surface area (Å²) in [4.78, 5) is 5.20. The van der Waals surface area contributed by atoms with Crippen molar-refractivity contribution in [3.63, 3.8) is 0 Å². The summed E-state index contributed by atoms with van der Waals surface area (Å²) in [6, 6.07) is 1.65.